The number of nitrogens with one attached hydrogen (secondary N) is 2. The number of halogens is 2. The molecule has 0 radical (unpaired) electrons. The normalized spacial score (nSPS) is 14.6. The van der Waals surface area contributed by atoms with E-state index in [0.717, 1.165) is 12.1 Å². The number of nitrogen functional groups attached to an aromatic ring is 2. The average Bonchev–Trinajstić information content (AvgIpc) is 2.63. The van der Waals surface area contributed by atoms with Gasteiger partial charge in [-0.25, -0.2) is 18.8 Å². The molecular weight excluding hydrogens is 356 g/mol. The van der Waals surface area contributed by atoms with Crippen LogP contribution in [0.5, 0.6) is 0 Å². The lowest BCUT2D eigenvalue weighted by molar-refractivity contribution is 0.574. The molecule has 0 bridgehead atoms. The summed E-state index contributed by atoms with van der Waals surface area (Å²) in [4.78, 5) is 8.12. The molecule has 3 rings (SSSR count). The highest BCUT2D eigenvalue weighted by Crippen LogP contribution is 2.41. The third-order valence-corrected chi connectivity index (χ3v) is 3.86. The summed E-state index contributed by atoms with van der Waals surface area (Å²) in [5.74, 6) is -2.12. The van der Waals surface area contributed by atoms with E-state index in [4.69, 9.17) is 22.0 Å². The van der Waals surface area contributed by atoms with E-state index in [2.05, 4.69) is 20.6 Å². The largest absolute Gasteiger partial charge is 0.397 e. The molecule has 0 spiro atoms. The van der Waals surface area contributed by atoms with E-state index in [1.807, 2.05) is 0 Å². The predicted octanol–water partition coefficient (Wildman–Crippen LogP) is 1.21. The highest BCUT2D eigenvalue weighted by atomic mass is 19.1. The zero-order valence-electron chi connectivity index (χ0n) is 13.4. The summed E-state index contributed by atoms with van der Waals surface area (Å²) in [6.45, 7) is 0. The topological polar surface area (TPSA) is 173 Å². The number of pyridine rings is 1. The number of hydrogen-bond donors (Lipinski definition) is 4. The Labute approximate surface area is 151 Å². The van der Waals surface area contributed by atoms with Crippen molar-refractivity contribution in [3.63, 3.8) is 0 Å². The first-order valence-corrected chi connectivity index (χ1v) is 7.29. The van der Waals surface area contributed by atoms with Crippen LogP contribution in [-0.4, -0.2) is 10.9 Å². The van der Waals surface area contributed by atoms with Crippen molar-refractivity contribution in [2.45, 2.75) is 6.04 Å². The van der Waals surface area contributed by atoms with Gasteiger partial charge in [0.25, 0.3) is 0 Å². The second kappa shape index (κ2) is 6.47. The second-order valence-corrected chi connectivity index (χ2v) is 5.37. The van der Waals surface area contributed by atoms with E-state index < -0.39 is 23.2 Å². The Morgan fingerprint density at radius 1 is 1.11 bits per heavy atom. The van der Waals surface area contributed by atoms with Gasteiger partial charge in [0.2, 0.25) is 5.96 Å². The van der Waals surface area contributed by atoms with Crippen molar-refractivity contribution in [1.82, 2.24) is 10.3 Å². The van der Waals surface area contributed by atoms with Crippen LogP contribution in [0.1, 0.15) is 28.3 Å². The number of aromatic nitrogens is 1. The molecule has 0 saturated carbocycles. The van der Waals surface area contributed by atoms with Gasteiger partial charge in [-0.05, 0) is 12.1 Å². The highest BCUT2D eigenvalue weighted by molar-refractivity contribution is 5.98. The van der Waals surface area contributed by atoms with Crippen LogP contribution in [0.4, 0.5) is 26.1 Å². The fraction of sp³-hybridized carbons (Fsp3) is 0.0625. The monoisotopic (exact) mass is 365 g/mol. The second-order valence-electron chi connectivity index (χ2n) is 5.37. The molecule has 132 valence electrons. The van der Waals surface area contributed by atoms with E-state index in [0.29, 0.717) is 0 Å². The summed E-state index contributed by atoms with van der Waals surface area (Å²) < 4.78 is 28.6. The lowest BCUT2D eigenvalue weighted by Gasteiger charge is -2.26. The van der Waals surface area contributed by atoms with Crippen molar-refractivity contribution in [3.05, 3.63) is 46.0 Å². The number of aliphatic imine (C=N–C) groups is 1. The number of guanidine groups is 1. The maximum Gasteiger partial charge on any atom is 0.211 e. The van der Waals surface area contributed by atoms with Crippen molar-refractivity contribution in [1.29, 1.82) is 15.8 Å². The minimum atomic E-state index is -1.24. The molecule has 2 heterocycles. The van der Waals surface area contributed by atoms with Gasteiger partial charge in [0.15, 0.2) is 6.19 Å². The molecular formula is C16H9F2N9. The van der Waals surface area contributed by atoms with Crippen LogP contribution in [0, 0.1) is 45.8 Å². The SMILES string of the molecule is N#CNC1=NC(c2cc(F)c(C#N)cc2F)c2c(nc(N)c(C#N)c2N)N1. The molecule has 0 fully saturated rings. The minimum absolute atomic E-state index is 0.0333. The highest BCUT2D eigenvalue weighted by Gasteiger charge is 2.31. The molecule has 2 aromatic rings. The smallest absolute Gasteiger partial charge is 0.211 e. The summed E-state index contributed by atoms with van der Waals surface area (Å²) in [5.41, 5.74) is 10.8. The van der Waals surface area contributed by atoms with Crippen molar-refractivity contribution in [3.8, 4) is 18.3 Å². The zero-order chi connectivity index (χ0) is 19.7. The van der Waals surface area contributed by atoms with Crippen LogP contribution in [0.15, 0.2) is 17.1 Å². The third-order valence-electron chi connectivity index (χ3n) is 3.86. The van der Waals surface area contributed by atoms with E-state index in [1.54, 1.807) is 12.3 Å². The Morgan fingerprint density at radius 2 is 1.85 bits per heavy atom. The molecule has 0 aliphatic carbocycles. The maximum absolute atomic E-state index is 14.6. The van der Waals surface area contributed by atoms with Gasteiger partial charge in [-0.15, -0.1) is 0 Å². The predicted molar refractivity (Wildman–Crippen MR) is 90.5 cm³/mol. The van der Waals surface area contributed by atoms with Crippen LogP contribution in [0.25, 0.3) is 0 Å². The van der Waals surface area contributed by atoms with Gasteiger partial charge in [0.1, 0.15) is 47.0 Å². The molecule has 1 aliphatic rings. The van der Waals surface area contributed by atoms with Gasteiger partial charge < -0.3 is 16.8 Å². The standard InChI is InChI=1S/C16H9F2N9/c17-9-2-7(10(18)1-6(9)3-19)13-11-12(22)8(4-20)14(23)26-15(11)27-16(25-13)24-5-21/h1-2,13H,(H6,22,23,24,25,26,27). The van der Waals surface area contributed by atoms with Gasteiger partial charge >= 0.3 is 0 Å². The molecule has 1 aromatic heterocycles. The van der Waals surface area contributed by atoms with Gasteiger partial charge in [-0.3, -0.25) is 5.32 Å². The molecule has 27 heavy (non-hydrogen) atoms. The molecule has 0 amide bonds. The van der Waals surface area contributed by atoms with Crippen LogP contribution >= 0.6 is 0 Å². The van der Waals surface area contributed by atoms with E-state index in [-0.39, 0.29) is 40.0 Å². The van der Waals surface area contributed by atoms with Gasteiger partial charge in [0.05, 0.1) is 11.3 Å². The number of anilines is 3. The number of fused-ring (bicyclic) bond motifs is 1. The van der Waals surface area contributed by atoms with Crippen LogP contribution in [-0.2, 0) is 0 Å². The fourth-order valence-electron chi connectivity index (χ4n) is 2.66. The van der Waals surface area contributed by atoms with Gasteiger partial charge in [-0.2, -0.15) is 15.8 Å². The summed E-state index contributed by atoms with van der Waals surface area (Å²) in [6.07, 6.45) is 1.64. The van der Waals surface area contributed by atoms with Gasteiger partial charge in [0, 0.05) is 11.1 Å². The number of nitriles is 3. The number of hydrogen-bond acceptors (Lipinski definition) is 9. The molecule has 1 atom stereocenters. The third kappa shape index (κ3) is 2.77. The van der Waals surface area contributed by atoms with Crippen molar-refractivity contribution in [2.75, 3.05) is 16.8 Å². The molecule has 9 nitrogen and oxygen atoms in total. The lowest BCUT2D eigenvalue weighted by Crippen LogP contribution is -2.33. The van der Waals surface area contributed by atoms with Crippen LogP contribution in [0.3, 0.4) is 0 Å². The Hall–Kier alpha value is -4.43. The first-order chi connectivity index (χ1) is 12.9. The van der Waals surface area contributed by atoms with E-state index in [9.17, 15) is 14.0 Å². The first kappa shape index (κ1) is 17.4. The van der Waals surface area contributed by atoms with Gasteiger partial charge in [-0.1, -0.05) is 0 Å². The lowest BCUT2D eigenvalue weighted by atomic mass is 9.94. The average molecular weight is 365 g/mol. The summed E-state index contributed by atoms with van der Waals surface area (Å²) in [6, 6.07) is 3.63. The first-order valence-electron chi connectivity index (χ1n) is 7.29. The fourth-order valence-corrected chi connectivity index (χ4v) is 2.66. The summed E-state index contributed by atoms with van der Waals surface area (Å²) in [5, 5.41) is 31.8. The number of nitrogens with zero attached hydrogens (tertiary/aromatic N) is 5. The summed E-state index contributed by atoms with van der Waals surface area (Å²) in [7, 11) is 0. The quantitative estimate of drug-likeness (QED) is 0.431. The minimum Gasteiger partial charge on any atom is -0.397 e. The Bertz CT molecular complexity index is 1120. The van der Waals surface area contributed by atoms with E-state index >= 15 is 0 Å². The zero-order valence-corrected chi connectivity index (χ0v) is 13.4. The van der Waals surface area contributed by atoms with Crippen molar-refractivity contribution >= 4 is 23.3 Å². The summed E-state index contributed by atoms with van der Waals surface area (Å²) >= 11 is 0. The maximum atomic E-state index is 14.6. The molecule has 11 heteroatoms. The Kier molecular flexibility index (Phi) is 4.17. The molecule has 0 saturated heterocycles. The number of rotatable bonds is 1. The van der Waals surface area contributed by atoms with Crippen LogP contribution in [0.2, 0.25) is 0 Å². The molecule has 6 N–H and O–H groups in total. The van der Waals surface area contributed by atoms with E-state index in [1.165, 1.54) is 6.07 Å². The molecule has 1 aliphatic heterocycles. The Balaban J connectivity index is 2.31. The van der Waals surface area contributed by atoms with Crippen molar-refractivity contribution in [2.24, 2.45) is 4.99 Å². The number of benzene rings is 1. The van der Waals surface area contributed by atoms with Crippen LogP contribution < -0.4 is 22.1 Å². The van der Waals surface area contributed by atoms with Crippen molar-refractivity contribution < 1.29 is 8.78 Å². The molecule has 1 unspecified atom stereocenters. The number of nitrogens with two attached hydrogens (primary N) is 2. The molecule has 1 aromatic carbocycles. The Morgan fingerprint density at radius 3 is 2.48 bits per heavy atom.